The molecule has 0 heterocycles. The first kappa shape index (κ1) is 16.0. The van der Waals surface area contributed by atoms with Gasteiger partial charge >= 0.3 is 5.97 Å². The van der Waals surface area contributed by atoms with Crippen LogP contribution < -0.4 is 9.64 Å². The minimum atomic E-state index is -0.536. The first-order chi connectivity index (χ1) is 9.28. The van der Waals surface area contributed by atoms with E-state index in [4.69, 9.17) is 9.47 Å². The fourth-order valence-electron chi connectivity index (χ4n) is 1.85. The number of benzene rings is 1. The number of hydrogen-bond acceptors (Lipinski definition) is 5. The highest BCUT2D eigenvalue weighted by molar-refractivity contribution is 5.89. The average molecular weight is 279 g/mol. The fraction of sp³-hybridized carbons (Fsp3) is 0.467. The zero-order valence-electron chi connectivity index (χ0n) is 12.6. The van der Waals surface area contributed by atoms with Gasteiger partial charge in [-0.1, -0.05) is 6.07 Å². The van der Waals surface area contributed by atoms with Crippen LogP contribution >= 0.6 is 0 Å². The number of carbonyl (C=O) groups is 2. The maximum absolute atomic E-state index is 11.8. The van der Waals surface area contributed by atoms with Gasteiger partial charge in [0.2, 0.25) is 0 Å². The third-order valence-corrected chi connectivity index (χ3v) is 2.55. The van der Waals surface area contributed by atoms with E-state index in [9.17, 15) is 9.59 Å². The number of esters is 1. The lowest BCUT2D eigenvalue weighted by atomic mass is 10.1. The first-order valence-electron chi connectivity index (χ1n) is 6.33. The number of methoxy groups -OCH3 is 1. The van der Waals surface area contributed by atoms with Gasteiger partial charge in [-0.15, -0.1) is 0 Å². The Kier molecular flexibility index (Phi) is 5.13. The van der Waals surface area contributed by atoms with Gasteiger partial charge in [0.05, 0.1) is 12.8 Å². The van der Waals surface area contributed by atoms with Crippen molar-refractivity contribution in [3.05, 3.63) is 23.8 Å². The first-order valence-corrected chi connectivity index (χ1v) is 6.33. The summed E-state index contributed by atoms with van der Waals surface area (Å²) in [6.45, 7) is 5.47. The highest BCUT2D eigenvalue weighted by atomic mass is 16.6. The summed E-state index contributed by atoms with van der Waals surface area (Å²) in [5, 5.41) is 0. The molecule has 1 aromatic rings. The highest BCUT2D eigenvalue weighted by Crippen LogP contribution is 2.30. The Balaban J connectivity index is 2.94. The number of carbonyl (C=O) groups excluding carboxylic acids is 2. The number of aldehydes is 1. The second-order valence-electron chi connectivity index (χ2n) is 5.46. The van der Waals surface area contributed by atoms with Gasteiger partial charge in [0.25, 0.3) is 0 Å². The predicted octanol–water partition coefficient (Wildman–Crippen LogP) is 2.29. The molecule has 0 fully saturated rings. The predicted molar refractivity (Wildman–Crippen MR) is 77.5 cm³/mol. The lowest BCUT2D eigenvalue weighted by Gasteiger charge is -2.25. The second-order valence-corrected chi connectivity index (χ2v) is 5.46. The van der Waals surface area contributed by atoms with E-state index in [2.05, 4.69) is 0 Å². The zero-order valence-corrected chi connectivity index (χ0v) is 12.6. The van der Waals surface area contributed by atoms with Crippen LogP contribution in [0.1, 0.15) is 31.1 Å². The van der Waals surface area contributed by atoms with E-state index in [1.54, 1.807) is 30.1 Å². The monoisotopic (exact) mass is 279 g/mol. The summed E-state index contributed by atoms with van der Waals surface area (Å²) in [6, 6.07) is 5.15. The summed E-state index contributed by atoms with van der Waals surface area (Å²) < 4.78 is 10.5. The molecule has 0 amide bonds. The smallest absolute Gasteiger partial charge is 0.326 e. The number of para-hydroxylation sites is 1. The molecule has 0 N–H and O–H groups in total. The summed E-state index contributed by atoms with van der Waals surface area (Å²) in [5.74, 6) is 0.184. The highest BCUT2D eigenvalue weighted by Gasteiger charge is 2.20. The van der Waals surface area contributed by atoms with E-state index in [1.165, 1.54) is 7.11 Å². The molecule has 0 radical (unpaired) electrons. The molecule has 0 atom stereocenters. The SMILES string of the molecule is COc1cccc(C=O)c1N(C)CC(=O)OC(C)(C)C. The van der Waals surface area contributed by atoms with Crippen LogP contribution in [0.15, 0.2) is 18.2 Å². The Morgan fingerprint density at radius 3 is 2.50 bits per heavy atom. The molecule has 0 aromatic heterocycles. The van der Waals surface area contributed by atoms with Gasteiger partial charge in [-0.25, -0.2) is 0 Å². The van der Waals surface area contributed by atoms with Crippen LogP contribution in [0, 0.1) is 0 Å². The number of nitrogens with zero attached hydrogens (tertiary/aromatic N) is 1. The number of likely N-dealkylation sites (N-methyl/N-ethyl adjacent to an activating group) is 1. The van der Waals surface area contributed by atoms with Gasteiger partial charge < -0.3 is 14.4 Å². The fourth-order valence-corrected chi connectivity index (χ4v) is 1.85. The molecular formula is C15H21NO4. The molecule has 5 heteroatoms. The molecule has 20 heavy (non-hydrogen) atoms. The standard InChI is InChI=1S/C15H21NO4/c1-15(2,3)20-13(18)9-16(4)14-11(10-17)7-6-8-12(14)19-5/h6-8,10H,9H2,1-5H3. The van der Waals surface area contributed by atoms with Crippen LogP contribution in [0.3, 0.4) is 0 Å². The maximum atomic E-state index is 11.8. The van der Waals surface area contributed by atoms with E-state index >= 15 is 0 Å². The van der Waals surface area contributed by atoms with Crippen molar-refractivity contribution in [1.82, 2.24) is 0 Å². The van der Waals surface area contributed by atoms with Crippen molar-refractivity contribution in [3.63, 3.8) is 0 Å². The third kappa shape index (κ3) is 4.26. The molecule has 0 saturated heterocycles. The molecule has 5 nitrogen and oxygen atoms in total. The zero-order chi connectivity index (χ0) is 15.3. The number of anilines is 1. The number of hydrogen-bond donors (Lipinski definition) is 0. The second kappa shape index (κ2) is 6.41. The van der Waals surface area contributed by atoms with Gasteiger partial charge in [-0.05, 0) is 32.9 Å². The molecule has 0 aliphatic heterocycles. The molecule has 1 aromatic carbocycles. The van der Waals surface area contributed by atoms with E-state index in [-0.39, 0.29) is 12.5 Å². The molecule has 0 saturated carbocycles. The summed E-state index contributed by atoms with van der Waals surface area (Å²) >= 11 is 0. The van der Waals surface area contributed by atoms with Crippen molar-refractivity contribution in [1.29, 1.82) is 0 Å². The van der Waals surface area contributed by atoms with Crippen LogP contribution in [0.2, 0.25) is 0 Å². The third-order valence-electron chi connectivity index (χ3n) is 2.55. The molecule has 1 rings (SSSR count). The Morgan fingerprint density at radius 1 is 1.35 bits per heavy atom. The number of rotatable bonds is 5. The van der Waals surface area contributed by atoms with Gasteiger partial charge in [0.1, 0.15) is 17.9 Å². The molecule has 0 bridgehead atoms. The Morgan fingerprint density at radius 2 is 2.00 bits per heavy atom. The van der Waals surface area contributed by atoms with Crippen molar-refractivity contribution < 1.29 is 19.1 Å². The van der Waals surface area contributed by atoms with E-state index in [0.29, 0.717) is 17.0 Å². The van der Waals surface area contributed by atoms with Gasteiger partial charge in [0.15, 0.2) is 6.29 Å². The average Bonchev–Trinajstić information content (AvgIpc) is 2.35. The number of ether oxygens (including phenoxy) is 2. The Labute approximate surface area is 119 Å². The van der Waals surface area contributed by atoms with Crippen molar-refractivity contribution >= 4 is 17.9 Å². The van der Waals surface area contributed by atoms with Crippen molar-refractivity contribution in [3.8, 4) is 5.75 Å². The van der Waals surface area contributed by atoms with Crippen LogP contribution in [0.25, 0.3) is 0 Å². The summed E-state index contributed by atoms with van der Waals surface area (Å²) in [4.78, 5) is 24.6. The minimum absolute atomic E-state index is 0.0402. The minimum Gasteiger partial charge on any atom is -0.495 e. The van der Waals surface area contributed by atoms with Gasteiger partial charge in [-0.3, -0.25) is 9.59 Å². The van der Waals surface area contributed by atoms with Crippen LogP contribution in [-0.4, -0.2) is 38.6 Å². The van der Waals surface area contributed by atoms with E-state index < -0.39 is 5.60 Å². The summed E-state index contributed by atoms with van der Waals surface area (Å²) in [5.41, 5.74) is 0.512. The molecular weight excluding hydrogens is 258 g/mol. The Bertz CT molecular complexity index is 491. The molecule has 0 aliphatic carbocycles. The van der Waals surface area contributed by atoms with Crippen molar-refractivity contribution in [2.24, 2.45) is 0 Å². The largest absolute Gasteiger partial charge is 0.495 e. The van der Waals surface area contributed by atoms with Crippen LogP contribution in [0.4, 0.5) is 5.69 Å². The molecule has 0 aliphatic rings. The van der Waals surface area contributed by atoms with Crippen molar-refractivity contribution in [2.75, 3.05) is 25.6 Å². The summed E-state index contributed by atoms with van der Waals surface area (Å²) in [6.07, 6.45) is 0.740. The summed E-state index contributed by atoms with van der Waals surface area (Å²) in [7, 11) is 3.24. The quantitative estimate of drug-likeness (QED) is 0.611. The molecule has 0 spiro atoms. The topological polar surface area (TPSA) is 55.8 Å². The van der Waals surface area contributed by atoms with Gasteiger partial charge in [0, 0.05) is 12.6 Å². The van der Waals surface area contributed by atoms with Crippen molar-refractivity contribution in [2.45, 2.75) is 26.4 Å². The lowest BCUT2D eigenvalue weighted by Crippen LogP contribution is -2.33. The Hall–Kier alpha value is -2.04. The molecule has 0 unspecified atom stereocenters. The van der Waals surface area contributed by atoms with Crippen LogP contribution in [0.5, 0.6) is 5.75 Å². The van der Waals surface area contributed by atoms with E-state index in [1.807, 2.05) is 20.8 Å². The normalized spacial score (nSPS) is 10.8. The lowest BCUT2D eigenvalue weighted by molar-refractivity contribution is -0.152. The van der Waals surface area contributed by atoms with E-state index in [0.717, 1.165) is 6.29 Å². The van der Waals surface area contributed by atoms with Gasteiger partial charge in [-0.2, -0.15) is 0 Å². The van der Waals surface area contributed by atoms with Crippen LogP contribution in [-0.2, 0) is 9.53 Å². The maximum Gasteiger partial charge on any atom is 0.326 e. The molecule has 110 valence electrons.